The standard InChI is InChI=1S/C14H18N2O2S/c1-11(13-5-3-12(9-15)4-6-13)16-14(2)7-8-19(17,18)10-14/h3-6,11,16H,7-8,10H2,1-2H3. The second-order valence-corrected chi connectivity index (χ2v) is 7.69. The first-order valence-electron chi connectivity index (χ1n) is 6.32. The van der Waals surface area contributed by atoms with E-state index in [4.69, 9.17) is 5.26 Å². The lowest BCUT2D eigenvalue weighted by atomic mass is 9.98. The van der Waals surface area contributed by atoms with Crippen LogP contribution >= 0.6 is 0 Å². The molecule has 19 heavy (non-hydrogen) atoms. The molecule has 2 rings (SSSR count). The maximum absolute atomic E-state index is 11.6. The Hall–Kier alpha value is -1.38. The third-order valence-corrected chi connectivity index (χ3v) is 5.51. The smallest absolute Gasteiger partial charge is 0.152 e. The number of rotatable bonds is 3. The van der Waals surface area contributed by atoms with Crippen molar-refractivity contribution < 1.29 is 8.42 Å². The summed E-state index contributed by atoms with van der Waals surface area (Å²) in [4.78, 5) is 0. The van der Waals surface area contributed by atoms with Gasteiger partial charge in [-0.3, -0.25) is 0 Å². The van der Waals surface area contributed by atoms with E-state index in [9.17, 15) is 8.42 Å². The summed E-state index contributed by atoms with van der Waals surface area (Å²) in [6, 6.07) is 9.52. The monoisotopic (exact) mass is 278 g/mol. The zero-order valence-electron chi connectivity index (χ0n) is 11.2. The van der Waals surface area contributed by atoms with Crippen molar-refractivity contribution in [2.24, 2.45) is 0 Å². The minimum atomic E-state index is -2.90. The van der Waals surface area contributed by atoms with Crippen LogP contribution in [0.1, 0.15) is 37.4 Å². The Kier molecular flexibility index (Phi) is 3.66. The summed E-state index contributed by atoms with van der Waals surface area (Å²) in [6.07, 6.45) is 0.649. The average Bonchev–Trinajstić information content (AvgIpc) is 2.63. The van der Waals surface area contributed by atoms with Crippen molar-refractivity contribution in [3.05, 3.63) is 35.4 Å². The van der Waals surface area contributed by atoms with Gasteiger partial charge in [0, 0.05) is 11.6 Å². The van der Waals surface area contributed by atoms with Gasteiger partial charge in [-0.05, 0) is 38.0 Å². The second-order valence-electron chi connectivity index (χ2n) is 5.50. The van der Waals surface area contributed by atoms with E-state index in [1.54, 1.807) is 12.1 Å². The van der Waals surface area contributed by atoms with Crippen molar-refractivity contribution in [1.82, 2.24) is 5.32 Å². The van der Waals surface area contributed by atoms with Crippen LogP contribution in [0.2, 0.25) is 0 Å². The number of hydrogen-bond donors (Lipinski definition) is 1. The van der Waals surface area contributed by atoms with Crippen LogP contribution in [0.15, 0.2) is 24.3 Å². The minimum Gasteiger partial charge on any atom is -0.304 e. The van der Waals surface area contributed by atoms with Gasteiger partial charge >= 0.3 is 0 Å². The molecule has 1 aliphatic rings. The summed E-state index contributed by atoms with van der Waals surface area (Å²) in [5.41, 5.74) is 1.33. The highest BCUT2D eigenvalue weighted by Gasteiger charge is 2.38. The fraction of sp³-hybridized carbons (Fsp3) is 0.500. The number of nitrogens with one attached hydrogen (secondary N) is 1. The molecule has 1 aromatic carbocycles. The number of hydrogen-bond acceptors (Lipinski definition) is 4. The summed E-state index contributed by atoms with van der Waals surface area (Å²) in [6.45, 7) is 3.97. The van der Waals surface area contributed by atoms with Gasteiger partial charge in [-0.1, -0.05) is 12.1 Å². The highest BCUT2D eigenvalue weighted by molar-refractivity contribution is 7.91. The molecule has 1 aromatic rings. The summed E-state index contributed by atoms with van der Waals surface area (Å²) < 4.78 is 23.1. The van der Waals surface area contributed by atoms with Crippen LogP contribution < -0.4 is 5.32 Å². The lowest BCUT2D eigenvalue weighted by Crippen LogP contribution is -2.44. The summed E-state index contributed by atoms with van der Waals surface area (Å²) >= 11 is 0. The van der Waals surface area contributed by atoms with E-state index in [1.165, 1.54) is 0 Å². The number of sulfone groups is 1. The van der Waals surface area contributed by atoms with Crippen LogP contribution in [0, 0.1) is 11.3 Å². The molecule has 1 aliphatic heterocycles. The van der Waals surface area contributed by atoms with Crippen molar-refractivity contribution in [1.29, 1.82) is 5.26 Å². The Balaban J connectivity index is 2.09. The molecule has 1 saturated heterocycles. The average molecular weight is 278 g/mol. The van der Waals surface area contributed by atoms with Crippen LogP contribution in [0.3, 0.4) is 0 Å². The quantitative estimate of drug-likeness (QED) is 0.915. The molecule has 2 unspecified atom stereocenters. The molecule has 1 N–H and O–H groups in total. The highest BCUT2D eigenvalue weighted by atomic mass is 32.2. The topological polar surface area (TPSA) is 70.0 Å². The molecular formula is C14H18N2O2S. The van der Waals surface area contributed by atoms with Gasteiger partial charge in [0.2, 0.25) is 0 Å². The van der Waals surface area contributed by atoms with Crippen molar-refractivity contribution in [3.8, 4) is 6.07 Å². The van der Waals surface area contributed by atoms with Crippen molar-refractivity contribution in [3.63, 3.8) is 0 Å². The number of nitriles is 1. The van der Waals surface area contributed by atoms with Gasteiger partial charge in [-0.15, -0.1) is 0 Å². The molecule has 0 radical (unpaired) electrons. The van der Waals surface area contributed by atoms with Crippen molar-refractivity contribution in [2.75, 3.05) is 11.5 Å². The largest absolute Gasteiger partial charge is 0.304 e. The molecule has 0 saturated carbocycles. The Labute approximate surface area is 114 Å². The molecule has 1 fully saturated rings. The molecule has 0 aromatic heterocycles. The molecule has 4 nitrogen and oxygen atoms in total. The van der Waals surface area contributed by atoms with Gasteiger partial charge in [-0.2, -0.15) is 5.26 Å². The summed E-state index contributed by atoms with van der Waals surface area (Å²) in [5.74, 6) is 0.456. The molecule has 102 valence electrons. The Morgan fingerprint density at radius 1 is 1.37 bits per heavy atom. The highest BCUT2D eigenvalue weighted by Crippen LogP contribution is 2.26. The van der Waals surface area contributed by atoms with Crippen LogP contribution in [-0.4, -0.2) is 25.5 Å². The third-order valence-electron chi connectivity index (χ3n) is 3.61. The molecule has 0 spiro atoms. The molecule has 0 amide bonds. The predicted octanol–water partition coefficient (Wildman–Crippen LogP) is 1.79. The van der Waals surface area contributed by atoms with Crippen LogP contribution in [0.4, 0.5) is 0 Å². The lowest BCUT2D eigenvalue weighted by Gasteiger charge is -2.28. The molecular weight excluding hydrogens is 260 g/mol. The Morgan fingerprint density at radius 3 is 2.47 bits per heavy atom. The van der Waals surface area contributed by atoms with Crippen LogP contribution in [0.5, 0.6) is 0 Å². The zero-order valence-corrected chi connectivity index (χ0v) is 12.0. The normalized spacial score (nSPS) is 26.8. The van der Waals surface area contributed by atoms with E-state index < -0.39 is 9.84 Å². The zero-order chi connectivity index (χ0) is 14.1. The van der Waals surface area contributed by atoms with Crippen molar-refractivity contribution in [2.45, 2.75) is 31.8 Å². The molecule has 2 atom stereocenters. The maximum atomic E-state index is 11.6. The van der Waals surface area contributed by atoms with E-state index in [1.807, 2.05) is 26.0 Å². The molecule has 0 bridgehead atoms. The summed E-state index contributed by atoms with van der Waals surface area (Å²) in [5, 5.41) is 12.2. The van der Waals surface area contributed by atoms with E-state index in [-0.39, 0.29) is 23.1 Å². The van der Waals surface area contributed by atoms with Crippen LogP contribution in [-0.2, 0) is 9.84 Å². The molecule has 5 heteroatoms. The van der Waals surface area contributed by atoms with E-state index in [2.05, 4.69) is 11.4 Å². The van der Waals surface area contributed by atoms with Gasteiger partial charge in [0.1, 0.15) is 0 Å². The van der Waals surface area contributed by atoms with Crippen molar-refractivity contribution >= 4 is 9.84 Å². The van der Waals surface area contributed by atoms with Gasteiger partial charge in [0.05, 0.1) is 23.1 Å². The van der Waals surface area contributed by atoms with Gasteiger partial charge < -0.3 is 5.32 Å². The Morgan fingerprint density at radius 2 is 2.00 bits per heavy atom. The van der Waals surface area contributed by atoms with Gasteiger partial charge in [0.15, 0.2) is 9.84 Å². The second kappa shape index (κ2) is 4.95. The fourth-order valence-electron chi connectivity index (χ4n) is 2.58. The molecule has 1 heterocycles. The predicted molar refractivity (Wildman–Crippen MR) is 74.4 cm³/mol. The number of benzene rings is 1. The van der Waals surface area contributed by atoms with Crippen LogP contribution in [0.25, 0.3) is 0 Å². The van der Waals surface area contributed by atoms with Gasteiger partial charge in [0.25, 0.3) is 0 Å². The first-order valence-corrected chi connectivity index (χ1v) is 8.14. The Bertz CT molecular complexity index is 601. The van der Waals surface area contributed by atoms with Gasteiger partial charge in [-0.25, -0.2) is 8.42 Å². The lowest BCUT2D eigenvalue weighted by molar-refractivity contribution is 0.355. The summed E-state index contributed by atoms with van der Waals surface area (Å²) in [7, 11) is -2.90. The first kappa shape index (κ1) is 14.0. The third kappa shape index (κ3) is 3.34. The fourth-order valence-corrected chi connectivity index (χ4v) is 4.68. The van der Waals surface area contributed by atoms with E-state index >= 15 is 0 Å². The first-order chi connectivity index (χ1) is 8.84. The van der Waals surface area contributed by atoms with E-state index in [0.29, 0.717) is 12.0 Å². The SMILES string of the molecule is CC(NC1(C)CCS(=O)(=O)C1)c1ccc(C#N)cc1. The molecule has 0 aliphatic carbocycles. The maximum Gasteiger partial charge on any atom is 0.152 e. The van der Waals surface area contributed by atoms with E-state index in [0.717, 1.165) is 5.56 Å². The minimum absolute atomic E-state index is 0.0612. The number of nitrogens with zero attached hydrogens (tertiary/aromatic N) is 1.